The summed E-state index contributed by atoms with van der Waals surface area (Å²) >= 11 is 0. The molecule has 0 aromatic heterocycles. The standard InChI is InChI=1S/C22H47NO5Si/c1-7-26-29(27-8-2,28-9-3)20-18-16-14-12-10-11-13-15-17-19-25-21(24)23-22(4,5)6/h7-20H2,1-6H3,(H,23,24). The highest BCUT2D eigenvalue weighted by Crippen LogP contribution is 2.21. The van der Waals surface area contributed by atoms with Crippen LogP contribution in [0.25, 0.3) is 0 Å². The van der Waals surface area contributed by atoms with Crippen LogP contribution in [0.15, 0.2) is 0 Å². The van der Waals surface area contributed by atoms with Crippen LogP contribution in [-0.2, 0) is 18.0 Å². The molecule has 174 valence electrons. The normalized spacial score (nSPS) is 12.2. The summed E-state index contributed by atoms with van der Waals surface area (Å²) in [6.45, 7) is 14.3. The monoisotopic (exact) mass is 433 g/mol. The molecule has 0 saturated heterocycles. The van der Waals surface area contributed by atoms with Crippen molar-refractivity contribution >= 4 is 14.9 Å². The Bertz CT molecular complexity index is 384. The van der Waals surface area contributed by atoms with Gasteiger partial charge in [-0.2, -0.15) is 0 Å². The highest BCUT2D eigenvalue weighted by atomic mass is 28.4. The van der Waals surface area contributed by atoms with E-state index in [4.69, 9.17) is 18.0 Å². The van der Waals surface area contributed by atoms with E-state index in [0.29, 0.717) is 26.4 Å². The predicted molar refractivity (Wildman–Crippen MR) is 121 cm³/mol. The second kappa shape index (κ2) is 17.1. The second-order valence-electron chi connectivity index (χ2n) is 8.42. The van der Waals surface area contributed by atoms with Crippen molar-refractivity contribution < 1.29 is 22.8 Å². The first-order valence-corrected chi connectivity index (χ1v) is 13.6. The summed E-state index contributed by atoms with van der Waals surface area (Å²) in [4.78, 5) is 11.5. The molecule has 0 aliphatic carbocycles. The van der Waals surface area contributed by atoms with Gasteiger partial charge >= 0.3 is 14.9 Å². The third-order valence-electron chi connectivity index (χ3n) is 4.43. The summed E-state index contributed by atoms with van der Waals surface area (Å²) in [7, 11) is -2.45. The van der Waals surface area contributed by atoms with Crippen molar-refractivity contribution in [2.24, 2.45) is 0 Å². The Morgan fingerprint density at radius 2 is 1.14 bits per heavy atom. The molecule has 0 spiro atoms. The van der Waals surface area contributed by atoms with Crippen LogP contribution in [0.1, 0.15) is 99.3 Å². The van der Waals surface area contributed by atoms with Gasteiger partial charge in [-0.3, -0.25) is 0 Å². The van der Waals surface area contributed by atoms with Crippen LogP contribution < -0.4 is 5.32 Å². The third-order valence-corrected chi connectivity index (χ3v) is 7.58. The van der Waals surface area contributed by atoms with E-state index in [1.165, 1.54) is 38.5 Å². The number of rotatable bonds is 18. The smallest absolute Gasteiger partial charge is 0.450 e. The molecule has 0 aliphatic rings. The van der Waals surface area contributed by atoms with Crippen LogP contribution in [0, 0.1) is 0 Å². The molecular formula is C22H47NO5Si. The van der Waals surface area contributed by atoms with Crippen LogP contribution in [0.3, 0.4) is 0 Å². The van der Waals surface area contributed by atoms with Crippen molar-refractivity contribution in [1.82, 2.24) is 5.32 Å². The summed E-state index contributed by atoms with van der Waals surface area (Å²) in [6.07, 6.45) is 10.3. The second-order valence-corrected chi connectivity index (χ2v) is 11.2. The lowest BCUT2D eigenvalue weighted by Crippen LogP contribution is -2.45. The van der Waals surface area contributed by atoms with Crippen molar-refractivity contribution in [1.29, 1.82) is 0 Å². The highest BCUT2D eigenvalue weighted by molar-refractivity contribution is 6.60. The maximum atomic E-state index is 11.5. The van der Waals surface area contributed by atoms with E-state index in [1.807, 2.05) is 41.5 Å². The summed E-state index contributed by atoms with van der Waals surface area (Å²) in [5.41, 5.74) is -0.240. The molecule has 0 unspecified atom stereocenters. The van der Waals surface area contributed by atoms with Crippen LogP contribution in [-0.4, -0.2) is 46.9 Å². The highest BCUT2D eigenvalue weighted by Gasteiger charge is 2.39. The van der Waals surface area contributed by atoms with Gasteiger partial charge in [0.2, 0.25) is 0 Å². The van der Waals surface area contributed by atoms with Crippen LogP contribution >= 0.6 is 0 Å². The van der Waals surface area contributed by atoms with Crippen molar-refractivity contribution in [3.63, 3.8) is 0 Å². The molecule has 0 fully saturated rings. The van der Waals surface area contributed by atoms with E-state index in [9.17, 15) is 4.79 Å². The van der Waals surface area contributed by atoms with E-state index in [0.717, 1.165) is 25.3 Å². The average molecular weight is 434 g/mol. The van der Waals surface area contributed by atoms with Gasteiger partial charge in [0.1, 0.15) is 0 Å². The lowest BCUT2D eigenvalue weighted by Gasteiger charge is -2.28. The van der Waals surface area contributed by atoms with Crippen LogP contribution in [0.5, 0.6) is 0 Å². The van der Waals surface area contributed by atoms with Gasteiger partial charge in [-0.1, -0.05) is 44.9 Å². The zero-order chi connectivity index (χ0) is 22.0. The Hall–Kier alpha value is -0.633. The van der Waals surface area contributed by atoms with Crippen molar-refractivity contribution in [3.8, 4) is 0 Å². The quantitative estimate of drug-likeness (QED) is 0.210. The first-order valence-electron chi connectivity index (χ1n) is 11.7. The molecule has 0 atom stereocenters. The van der Waals surface area contributed by atoms with E-state index < -0.39 is 8.80 Å². The summed E-state index contributed by atoms with van der Waals surface area (Å²) < 4.78 is 22.9. The molecule has 0 saturated carbocycles. The largest absolute Gasteiger partial charge is 0.500 e. The molecule has 0 heterocycles. The number of hydrogen-bond donors (Lipinski definition) is 1. The van der Waals surface area contributed by atoms with Gasteiger partial charge in [-0.05, 0) is 54.4 Å². The first kappa shape index (κ1) is 28.4. The lowest BCUT2D eigenvalue weighted by molar-refractivity contribution is 0.0706. The molecule has 0 aromatic carbocycles. The minimum absolute atomic E-state index is 0.240. The molecule has 1 amide bonds. The first-order chi connectivity index (χ1) is 13.8. The Morgan fingerprint density at radius 1 is 0.724 bits per heavy atom. The summed E-state index contributed by atoms with van der Waals surface area (Å²) in [5, 5.41) is 2.80. The molecular weight excluding hydrogens is 386 g/mol. The van der Waals surface area contributed by atoms with Crippen molar-refractivity contribution in [3.05, 3.63) is 0 Å². The molecule has 0 rings (SSSR count). The molecule has 1 N–H and O–H groups in total. The number of amides is 1. The summed E-state index contributed by atoms with van der Waals surface area (Å²) in [5.74, 6) is 0. The van der Waals surface area contributed by atoms with E-state index in [1.54, 1.807) is 0 Å². The molecule has 0 aliphatic heterocycles. The van der Waals surface area contributed by atoms with E-state index in [2.05, 4.69) is 5.32 Å². The number of carbonyl (C=O) groups excluding carboxylic acids is 1. The van der Waals surface area contributed by atoms with Gasteiger partial charge < -0.3 is 23.3 Å². The SMILES string of the molecule is CCO[Si](CCCCCCCCCCCOC(=O)NC(C)(C)C)(OCC)OCC. The topological polar surface area (TPSA) is 66.0 Å². The number of carbonyl (C=O) groups is 1. The number of unbranched alkanes of at least 4 members (excludes halogenated alkanes) is 8. The molecule has 0 aromatic rings. The fourth-order valence-electron chi connectivity index (χ4n) is 3.19. The predicted octanol–water partition coefficient (Wildman–Crippen LogP) is 6.07. The Kier molecular flexibility index (Phi) is 16.7. The Labute approximate surface area is 180 Å². The number of alkyl carbamates (subject to hydrolysis) is 1. The molecule has 7 heteroatoms. The van der Waals surface area contributed by atoms with Crippen molar-refractivity contribution in [2.45, 2.75) is 111 Å². The van der Waals surface area contributed by atoms with E-state index in [-0.39, 0.29) is 11.6 Å². The lowest BCUT2D eigenvalue weighted by atomic mass is 10.1. The fourth-order valence-corrected chi connectivity index (χ4v) is 5.87. The zero-order valence-electron chi connectivity index (χ0n) is 19.9. The van der Waals surface area contributed by atoms with Crippen LogP contribution in [0.4, 0.5) is 4.79 Å². The van der Waals surface area contributed by atoms with Gasteiger partial charge in [0.05, 0.1) is 6.61 Å². The summed E-state index contributed by atoms with van der Waals surface area (Å²) in [6, 6.07) is 0.922. The number of ether oxygens (including phenoxy) is 1. The fraction of sp³-hybridized carbons (Fsp3) is 0.955. The maximum absolute atomic E-state index is 11.5. The molecule has 6 nitrogen and oxygen atoms in total. The minimum atomic E-state index is -2.45. The number of nitrogens with one attached hydrogen (secondary N) is 1. The molecule has 0 bridgehead atoms. The van der Waals surface area contributed by atoms with Gasteiger partial charge in [0.15, 0.2) is 0 Å². The minimum Gasteiger partial charge on any atom is -0.450 e. The van der Waals surface area contributed by atoms with Crippen LogP contribution in [0.2, 0.25) is 6.04 Å². The van der Waals surface area contributed by atoms with Gasteiger partial charge in [-0.15, -0.1) is 0 Å². The van der Waals surface area contributed by atoms with E-state index >= 15 is 0 Å². The zero-order valence-corrected chi connectivity index (χ0v) is 20.9. The Balaban J connectivity index is 3.62. The van der Waals surface area contributed by atoms with Gasteiger partial charge in [0.25, 0.3) is 0 Å². The number of hydrogen-bond acceptors (Lipinski definition) is 5. The maximum Gasteiger partial charge on any atom is 0.500 e. The van der Waals surface area contributed by atoms with Gasteiger partial charge in [0, 0.05) is 31.4 Å². The molecule has 29 heavy (non-hydrogen) atoms. The third kappa shape index (κ3) is 16.8. The average Bonchev–Trinajstić information content (AvgIpc) is 2.62. The molecule has 0 radical (unpaired) electrons. The van der Waals surface area contributed by atoms with Crippen molar-refractivity contribution in [2.75, 3.05) is 26.4 Å². The Morgan fingerprint density at radius 3 is 1.55 bits per heavy atom. The van der Waals surface area contributed by atoms with Gasteiger partial charge in [-0.25, -0.2) is 4.79 Å².